The van der Waals surface area contributed by atoms with E-state index in [4.69, 9.17) is 0 Å². The van der Waals surface area contributed by atoms with Gasteiger partial charge in [0.05, 0.1) is 0 Å². The number of alkyl halides is 1. The van der Waals surface area contributed by atoms with E-state index >= 15 is 0 Å². The minimum atomic E-state index is -0.177. The zero-order valence-corrected chi connectivity index (χ0v) is 12.9. The molecule has 0 saturated heterocycles. The van der Waals surface area contributed by atoms with Crippen LogP contribution in [0.4, 0.5) is 4.39 Å². The molecule has 1 unspecified atom stereocenters. The number of hydrogen-bond donors (Lipinski definition) is 0. The maximum atomic E-state index is 13.0. The van der Waals surface area contributed by atoms with Crippen molar-refractivity contribution >= 4 is 15.9 Å². The molecule has 0 aliphatic heterocycles. The Morgan fingerprint density at radius 3 is 2.11 bits per heavy atom. The molecule has 0 amide bonds. The fourth-order valence-corrected chi connectivity index (χ4v) is 3.02. The van der Waals surface area contributed by atoms with E-state index in [9.17, 15) is 4.39 Å². The second kappa shape index (κ2) is 6.33. The second-order valence-electron chi connectivity index (χ2n) is 4.98. The van der Waals surface area contributed by atoms with Gasteiger partial charge in [-0.1, -0.05) is 46.3 Å². The van der Waals surface area contributed by atoms with Crippen molar-refractivity contribution < 1.29 is 4.39 Å². The van der Waals surface area contributed by atoms with E-state index in [0.29, 0.717) is 5.92 Å². The lowest BCUT2D eigenvalue weighted by Gasteiger charge is -2.18. The fraction of sp³-hybridized carbons (Fsp3) is 0.294. The van der Waals surface area contributed by atoms with Crippen molar-refractivity contribution in [1.29, 1.82) is 0 Å². The Hall–Kier alpha value is -1.15. The number of hydrogen-bond acceptors (Lipinski definition) is 0. The van der Waals surface area contributed by atoms with Crippen molar-refractivity contribution in [2.75, 3.05) is 5.33 Å². The monoisotopic (exact) mass is 320 g/mol. The molecule has 2 rings (SSSR count). The highest BCUT2D eigenvalue weighted by molar-refractivity contribution is 9.09. The molecule has 0 aromatic heterocycles. The topological polar surface area (TPSA) is 0 Å². The highest BCUT2D eigenvalue weighted by atomic mass is 79.9. The molecule has 2 aromatic carbocycles. The minimum Gasteiger partial charge on any atom is -0.207 e. The van der Waals surface area contributed by atoms with Crippen LogP contribution in [0.5, 0.6) is 0 Å². The van der Waals surface area contributed by atoms with Gasteiger partial charge in [0.2, 0.25) is 0 Å². The van der Waals surface area contributed by atoms with Crippen LogP contribution in [-0.2, 0) is 6.42 Å². The highest BCUT2D eigenvalue weighted by Gasteiger charge is 2.13. The number of aryl methyl sites for hydroxylation is 2. The first kappa shape index (κ1) is 14.3. The summed E-state index contributed by atoms with van der Waals surface area (Å²) in [4.78, 5) is 0. The third-order valence-electron chi connectivity index (χ3n) is 3.62. The first-order valence-electron chi connectivity index (χ1n) is 6.48. The van der Waals surface area contributed by atoms with Gasteiger partial charge in [-0.15, -0.1) is 0 Å². The lowest BCUT2D eigenvalue weighted by atomic mass is 9.89. The summed E-state index contributed by atoms with van der Waals surface area (Å²) in [5.41, 5.74) is 5.23. The van der Waals surface area contributed by atoms with E-state index in [1.165, 1.54) is 34.4 Å². The molecule has 1 atom stereocenters. The molecular weight excluding hydrogens is 303 g/mol. The van der Waals surface area contributed by atoms with Gasteiger partial charge in [-0.25, -0.2) is 4.39 Å². The predicted molar refractivity (Wildman–Crippen MR) is 82.6 cm³/mol. The zero-order valence-electron chi connectivity index (χ0n) is 11.3. The van der Waals surface area contributed by atoms with Crippen molar-refractivity contribution in [3.63, 3.8) is 0 Å². The van der Waals surface area contributed by atoms with Gasteiger partial charge in [-0.2, -0.15) is 0 Å². The van der Waals surface area contributed by atoms with Gasteiger partial charge >= 0.3 is 0 Å². The van der Waals surface area contributed by atoms with Crippen molar-refractivity contribution in [2.45, 2.75) is 26.2 Å². The first-order chi connectivity index (χ1) is 9.11. The van der Waals surface area contributed by atoms with Crippen molar-refractivity contribution in [1.82, 2.24) is 0 Å². The molecular formula is C17H18BrF. The molecule has 0 saturated carbocycles. The molecule has 0 aliphatic rings. The van der Waals surface area contributed by atoms with Gasteiger partial charge in [-0.05, 0) is 60.6 Å². The fourth-order valence-electron chi connectivity index (χ4n) is 2.41. The van der Waals surface area contributed by atoms with E-state index in [1.54, 1.807) is 0 Å². The summed E-state index contributed by atoms with van der Waals surface area (Å²) in [7, 11) is 0. The lowest BCUT2D eigenvalue weighted by molar-refractivity contribution is 0.625. The summed E-state index contributed by atoms with van der Waals surface area (Å²) in [6.45, 7) is 4.30. The Bertz CT molecular complexity index is 525. The zero-order chi connectivity index (χ0) is 13.8. The van der Waals surface area contributed by atoms with E-state index in [-0.39, 0.29) is 5.82 Å². The molecule has 0 aliphatic carbocycles. The number of rotatable bonds is 4. The maximum absolute atomic E-state index is 13.0. The SMILES string of the molecule is Cc1cccc(C)c1CC(CBr)c1ccc(F)cc1. The van der Waals surface area contributed by atoms with Crippen LogP contribution >= 0.6 is 15.9 Å². The van der Waals surface area contributed by atoms with Gasteiger partial charge in [0, 0.05) is 5.33 Å². The van der Waals surface area contributed by atoms with Gasteiger partial charge in [0.15, 0.2) is 0 Å². The Kier molecular flexibility index (Phi) is 4.76. The molecule has 0 fully saturated rings. The van der Waals surface area contributed by atoms with Crippen LogP contribution in [0, 0.1) is 19.7 Å². The summed E-state index contributed by atoms with van der Waals surface area (Å²) in [6.07, 6.45) is 0.982. The molecule has 0 heterocycles. The van der Waals surface area contributed by atoms with Gasteiger partial charge in [0.25, 0.3) is 0 Å². The normalized spacial score (nSPS) is 12.4. The molecule has 0 N–H and O–H groups in total. The quantitative estimate of drug-likeness (QED) is 0.682. The molecule has 0 bridgehead atoms. The summed E-state index contributed by atoms with van der Waals surface area (Å²) < 4.78 is 13.0. The highest BCUT2D eigenvalue weighted by Crippen LogP contribution is 2.26. The lowest BCUT2D eigenvalue weighted by Crippen LogP contribution is -2.07. The van der Waals surface area contributed by atoms with Crippen LogP contribution in [0.2, 0.25) is 0 Å². The van der Waals surface area contributed by atoms with Crippen LogP contribution in [-0.4, -0.2) is 5.33 Å². The third kappa shape index (κ3) is 3.44. The molecule has 100 valence electrons. The first-order valence-corrected chi connectivity index (χ1v) is 7.60. The van der Waals surface area contributed by atoms with E-state index in [1.807, 2.05) is 12.1 Å². The Labute approximate surface area is 122 Å². The predicted octanol–water partition coefficient (Wildman–Crippen LogP) is 5.16. The summed E-state index contributed by atoms with van der Waals surface area (Å²) >= 11 is 3.58. The number of halogens is 2. The summed E-state index contributed by atoms with van der Waals surface area (Å²) in [6, 6.07) is 13.2. The molecule has 0 spiro atoms. The van der Waals surface area contributed by atoms with Crippen LogP contribution in [0.3, 0.4) is 0 Å². The molecule has 0 radical (unpaired) electrons. The van der Waals surface area contributed by atoms with Gasteiger partial charge in [0.1, 0.15) is 5.82 Å². The molecule has 2 aromatic rings. The van der Waals surface area contributed by atoms with Gasteiger partial charge in [-0.3, -0.25) is 0 Å². The largest absolute Gasteiger partial charge is 0.207 e. The Morgan fingerprint density at radius 2 is 1.58 bits per heavy atom. The standard InChI is InChI=1S/C17H18BrF/c1-12-4-3-5-13(2)17(12)10-15(11-18)14-6-8-16(19)9-7-14/h3-9,15H,10-11H2,1-2H3. The summed E-state index contributed by atoms with van der Waals surface area (Å²) in [5.74, 6) is 0.199. The van der Waals surface area contributed by atoms with Crippen LogP contribution < -0.4 is 0 Å². The molecule has 0 nitrogen and oxygen atoms in total. The van der Waals surface area contributed by atoms with E-state index < -0.39 is 0 Å². The van der Waals surface area contributed by atoms with Crippen molar-refractivity contribution in [2.24, 2.45) is 0 Å². The third-order valence-corrected chi connectivity index (χ3v) is 4.40. The van der Waals surface area contributed by atoms with E-state index in [0.717, 1.165) is 11.8 Å². The van der Waals surface area contributed by atoms with Crippen LogP contribution in [0.25, 0.3) is 0 Å². The van der Waals surface area contributed by atoms with Crippen molar-refractivity contribution in [3.8, 4) is 0 Å². The maximum Gasteiger partial charge on any atom is 0.123 e. The number of benzene rings is 2. The molecule has 19 heavy (non-hydrogen) atoms. The molecule has 2 heteroatoms. The van der Waals surface area contributed by atoms with E-state index in [2.05, 4.69) is 48.0 Å². The Balaban J connectivity index is 2.26. The van der Waals surface area contributed by atoms with Crippen LogP contribution in [0.1, 0.15) is 28.2 Å². The van der Waals surface area contributed by atoms with Gasteiger partial charge < -0.3 is 0 Å². The average Bonchev–Trinajstić information content (AvgIpc) is 2.40. The second-order valence-corrected chi connectivity index (χ2v) is 5.62. The summed E-state index contributed by atoms with van der Waals surface area (Å²) in [5, 5.41) is 0.881. The Morgan fingerprint density at radius 1 is 1.00 bits per heavy atom. The minimum absolute atomic E-state index is 0.177. The van der Waals surface area contributed by atoms with Crippen LogP contribution in [0.15, 0.2) is 42.5 Å². The van der Waals surface area contributed by atoms with Crippen molar-refractivity contribution in [3.05, 3.63) is 70.5 Å². The smallest absolute Gasteiger partial charge is 0.123 e. The average molecular weight is 321 g/mol.